The molecule has 0 aliphatic carbocycles. The molecule has 76 valence electrons. The van der Waals surface area contributed by atoms with Crippen LogP contribution in [0.4, 0.5) is 17.6 Å². The van der Waals surface area contributed by atoms with Gasteiger partial charge in [-0.05, 0) is 17.7 Å². The fraction of sp³-hybridized carbons (Fsp3) is 0.333. The maximum Gasteiger partial charge on any atom is 0.416 e. The van der Waals surface area contributed by atoms with Gasteiger partial charge in [-0.1, -0.05) is 6.07 Å². The van der Waals surface area contributed by atoms with E-state index >= 15 is 0 Å². The molecule has 5 heteroatoms. The van der Waals surface area contributed by atoms with E-state index in [-0.39, 0.29) is 12.2 Å². The quantitative estimate of drug-likeness (QED) is 0.508. The summed E-state index contributed by atoms with van der Waals surface area (Å²) in [5.41, 5.74) is -0.932. The number of rotatable bonds is 1. The Morgan fingerprint density at radius 2 is 1.93 bits per heavy atom. The largest absolute Gasteiger partial charge is 0.416 e. The average Bonchev–Trinajstić information content (AvgIpc) is 2.85. The van der Waals surface area contributed by atoms with Gasteiger partial charge in [-0.15, -0.1) is 0 Å². The molecule has 1 saturated heterocycles. The van der Waals surface area contributed by atoms with Gasteiger partial charge in [-0.2, -0.15) is 13.2 Å². The summed E-state index contributed by atoms with van der Waals surface area (Å²) in [5.74, 6) is -0.887. The van der Waals surface area contributed by atoms with Crippen molar-refractivity contribution in [1.29, 1.82) is 0 Å². The Kier molecular flexibility index (Phi) is 1.99. The van der Waals surface area contributed by atoms with E-state index in [4.69, 9.17) is 4.74 Å². The Balaban J connectivity index is 2.48. The zero-order valence-corrected chi connectivity index (χ0v) is 6.94. The summed E-state index contributed by atoms with van der Waals surface area (Å²) >= 11 is 0. The van der Waals surface area contributed by atoms with E-state index in [2.05, 4.69) is 0 Å². The van der Waals surface area contributed by atoms with E-state index in [1.54, 1.807) is 0 Å². The van der Waals surface area contributed by atoms with Crippen LogP contribution in [0.2, 0.25) is 0 Å². The second kappa shape index (κ2) is 2.95. The zero-order chi connectivity index (χ0) is 10.3. The molecule has 0 radical (unpaired) electrons. The zero-order valence-electron chi connectivity index (χ0n) is 6.94. The maximum absolute atomic E-state index is 12.6. The SMILES string of the molecule is Fc1ccc([C@H]2CO2)c(C(F)(F)F)c1. The molecule has 1 atom stereocenters. The van der Waals surface area contributed by atoms with E-state index in [1.807, 2.05) is 0 Å². The molecule has 0 spiro atoms. The lowest BCUT2D eigenvalue weighted by Gasteiger charge is -2.10. The molecule has 1 nitrogen and oxygen atoms in total. The van der Waals surface area contributed by atoms with Gasteiger partial charge >= 0.3 is 6.18 Å². The summed E-state index contributed by atoms with van der Waals surface area (Å²) in [5, 5.41) is 0. The highest BCUT2D eigenvalue weighted by Gasteiger charge is 2.39. The topological polar surface area (TPSA) is 12.5 Å². The third-order valence-electron chi connectivity index (χ3n) is 2.00. The molecule has 1 aliphatic heterocycles. The highest BCUT2D eigenvalue weighted by molar-refractivity contribution is 5.33. The van der Waals surface area contributed by atoms with Crippen molar-refractivity contribution in [2.24, 2.45) is 0 Å². The van der Waals surface area contributed by atoms with E-state index in [0.717, 1.165) is 12.1 Å². The van der Waals surface area contributed by atoms with Crippen LogP contribution in [-0.4, -0.2) is 6.61 Å². The predicted molar refractivity (Wildman–Crippen MR) is 40.1 cm³/mol. The number of hydrogen-bond acceptors (Lipinski definition) is 1. The van der Waals surface area contributed by atoms with Crippen LogP contribution in [0, 0.1) is 5.82 Å². The minimum atomic E-state index is -4.52. The lowest BCUT2D eigenvalue weighted by Crippen LogP contribution is -2.09. The van der Waals surface area contributed by atoms with Gasteiger partial charge in [-0.3, -0.25) is 0 Å². The maximum atomic E-state index is 12.6. The summed E-state index contributed by atoms with van der Waals surface area (Å²) < 4.78 is 54.6. The fourth-order valence-electron chi connectivity index (χ4n) is 1.28. The molecule has 0 aromatic heterocycles. The van der Waals surface area contributed by atoms with E-state index < -0.39 is 23.7 Å². The van der Waals surface area contributed by atoms with Crippen LogP contribution in [0.15, 0.2) is 18.2 Å². The number of ether oxygens (including phenoxy) is 1. The summed E-state index contributed by atoms with van der Waals surface area (Å²) in [7, 11) is 0. The van der Waals surface area contributed by atoms with Gasteiger partial charge in [0.2, 0.25) is 0 Å². The molecular formula is C9H6F4O. The van der Waals surface area contributed by atoms with Crippen LogP contribution in [0.25, 0.3) is 0 Å². The van der Waals surface area contributed by atoms with Gasteiger partial charge in [0.05, 0.1) is 12.2 Å². The predicted octanol–water partition coefficient (Wildman–Crippen LogP) is 2.92. The first-order chi connectivity index (χ1) is 6.48. The Morgan fingerprint density at radius 3 is 2.43 bits per heavy atom. The number of epoxide rings is 1. The van der Waals surface area contributed by atoms with Crippen molar-refractivity contribution < 1.29 is 22.3 Å². The van der Waals surface area contributed by atoms with E-state index in [0.29, 0.717) is 6.07 Å². The van der Waals surface area contributed by atoms with Crippen molar-refractivity contribution in [1.82, 2.24) is 0 Å². The smallest absolute Gasteiger partial charge is 0.368 e. The third kappa shape index (κ3) is 1.72. The summed E-state index contributed by atoms with van der Waals surface area (Å²) in [6.07, 6.45) is -5.05. The van der Waals surface area contributed by atoms with Gasteiger partial charge in [0.1, 0.15) is 11.9 Å². The van der Waals surface area contributed by atoms with Crippen LogP contribution in [0.3, 0.4) is 0 Å². The van der Waals surface area contributed by atoms with Gasteiger partial charge in [0, 0.05) is 0 Å². The number of alkyl halides is 3. The van der Waals surface area contributed by atoms with Crippen molar-refractivity contribution in [3.05, 3.63) is 35.1 Å². The molecule has 0 saturated carbocycles. The van der Waals surface area contributed by atoms with Crippen LogP contribution >= 0.6 is 0 Å². The average molecular weight is 206 g/mol. The highest BCUT2D eigenvalue weighted by Crippen LogP contribution is 2.40. The lowest BCUT2D eigenvalue weighted by atomic mass is 10.0. The molecule has 14 heavy (non-hydrogen) atoms. The van der Waals surface area contributed by atoms with Crippen LogP contribution in [0.1, 0.15) is 17.2 Å². The van der Waals surface area contributed by atoms with Crippen LogP contribution < -0.4 is 0 Å². The van der Waals surface area contributed by atoms with Crippen molar-refractivity contribution in [3.63, 3.8) is 0 Å². The molecule has 0 bridgehead atoms. The minimum Gasteiger partial charge on any atom is -0.368 e. The molecule has 1 fully saturated rings. The van der Waals surface area contributed by atoms with Crippen LogP contribution in [0.5, 0.6) is 0 Å². The van der Waals surface area contributed by atoms with Crippen molar-refractivity contribution in [2.45, 2.75) is 12.3 Å². The molecular weight excluding hydrogens is 200 g/mol. The van der Waals surface area contributed by atoms with Crippen molar-refractivity contribution in [3.8, 4) is 0 Å². The molecule has 2 rings (SSSR count). The first-order valence-electron chi connectivity index (χ1n) is 3.97. The third-order valence-corrected chi connectivity index (χ3v) is 2.00. The molecule has 0 N–H and O–H groups in total. The first kappa shape index (κ1) is 9.45. The van der Waals surface area contributed by atoms with Gasteiger partial charge in [0.15, 0.2) is 0 Å². The van der Waals surface area contributed by atoms with E-state index in [1.165, 1.54) is 0 Å². The standard InChI is InChI=1S/C9H6F4O/c10-5-1-2-6(8-4-14-8)7(3-5)9(11,12)13/h1-3,8H,4H2/t8-/m1/s1. The first-order valence-corrected chi connectivity index (χ1v) is 3.97. The fourth-order valence-corrected chi connectivity index (χ4v) is 1.28. The van der Waals surface area contributed by atoms with E-state index in [9.17, 15) is 17.6 Å². The second-order valence-corrected chi connectivity index (χ2v) is 3.05. The van der Waals surface area contributed by atoms with Crippen molar-refractivity contribution >= 4 is 0 Å². The molecule has 1 aromatic rings. The van der Waals surface area contributed by atoms with Crippen molar-refractivity contribution in [2.75, 3.05) is 6.61 Å². The minimum absolute atomic E-state index is 0.0129. The van der Waals surface area contributed by atoms with Gasteiger partial charge in [0.25, 0.3) is 0 Å². The van der Waals surface area contributed by atoms with Crippen LogP contribution in [-0.2, 0) is 10.9 Å². The molecule has 1 aliphatic rings. The van der Waals surface area contributed by atoms with Gasteiger partial charge < -0.3 is 4.74 Å². The Hall–Kier alpha value is -1.10. The summed E-state index contributed by atoms with van der Waals surface area (Å²) in [6, 6.07) is 2.62. The number of benzene rings is 1. The van der Waals surface area contributed by atoms with Gasteiger partial charge in [-0.25, -0.2) is 4.39 Å². The second-order valence-electron chi connectivity index (χ2n) is 3.05. The monoisotopic (exact) mass is 206 g/mol. The molecule has 1 aromatic carbocycles. The number of hydrogen-bond donors (Lipinski definition) is 0. The number of halogens is 4. The Bertz CT molecular complexity index is 354. The highest BCUT2D eigenvalue weighted by atomic mass is 19.4. The lowest BCUT2D eigenvalue weighted by molar-refractivity contribution is -0.138. The Labute approximate surface area is 77.3 Å². The Morgan fingerprint density at radius 1 is 1.29 bits per heavy atom. The summed E-state index contributed by atoms with van der Waals surface area (Å²) in [4.78, 5) is 0. The molecule has 0 unspecified atom stereocenters. The normalized spacial score (nSPS) is 21.0. The molecule has 1 heterocycles. The molecule has 0 amide bonds. The summed E-state index contributed by atoms with van der Waals surface area (Å²) in [6.45, 7) is 0.273.